The predicted octanol–water partition coefficient (Wildman–Crippen LogP) is 2.66. The number of rotatable bonds is 1. The van der Waals surface area contributed by atoms with E-state index in [0.29, 0.717) is 6.04 Å². The first-order valence-electron chi connectivity index (χ1n) is 5.76. The monoisotopic (exact) mass is 229 g/mol. The Balaban J connectivity index is 0.00000106. The quantitative estimate of drug-likeness (QED) is 0.752. The molecule has 0 aliphatic heterocycles. The van der Waals surface area contributed by atoms with Gasteiger partial charge in [-0.25, -0.2) is 4.79 Å². The zero-order chi connectivity index (χ0) is 12.6. The summed E-state index contributed by atoms with van der Waals surface area (Å²) in [7, 11) is 0. The number of nitrogens with one attached hydrogen (secondary N) is 1. The summed E-state index contributed by atoms with van der Waals surface area (Å²) in [5.41, 5.74) is -0.390. The molecule has 0 heterocycles. The van der Waals surface area contributed by atoms with E-state index in [0.717, 1.165) is 12.8 Å². The third-order valence-electron chi connectivity index (χ3n) is 2.33. The van der Waals surface area contributed by atoms with Gasteiger partial charge in [0.05, 0.1) is 0 Å². The largest absolute Gasteiger partial charge is 0.444 e. The lowest BCUT2D eigenvalue weighted by Gasteiger charge is -2.25. The van der Waals surface area contributed by atoms with E-state index in [1.165, 1.54) is 19.3 Å². The average molecular weight is 229 g/mol. The minimum Gasteiger partial charge on any atom is -0.444 e. The molecule has 0 saturated heterocycles. The first kappa shape index (κ1) is 14.9. The minimum atomic E-state index is -0.390. The Morgan fingerprint density at radius 3 is 2.12 bits per heavy atom. The van der Waals surface area contributed by atoms with E-state index in [4.69, 9.17) is 9.53 Å². The summed E-state index contributed by atoms with van der Waals surface area (Å²) in [6.07, 6.45) is 5.66. The Kier molecular flexibility index (Phi) is 6.77. The molecule has 1 aliphatic carbocycles. The topological polar surface area (TPSA) is 55.4 Å². The standard InChI is InChI=1S/C11H21NO2.CH2O/c1-11(2,3)14-10(13)12-9-7-5-4-6-8-9;1-2/h9H,4-8H2,1-3H3,(H,12,13);1H2. The van der Waals surface area contributed by atoms with Crippen LogP contribution in [0.5, 0.6) is 0 Å². The summed E-state index contributed by atoms with van der Waals surface area (Å²) in [6, 6.07) is 0.332. The van der Waals surface area contributed by atoms with Crippen molar-refractivity contribution in [1.29, 1.82) is 0 Å². The second-order valence-corrected chi connectivity index (χ2v) is 4.98. The molecule has 0 radical (unpaired) electrons. The van der Waals surface area contributed by atoms with Crippen molar-refractivity contribution < 1.29 is 14.3 Å². The highest BCUT2D eigenvalue weighted by Gasteiger charge is 2.20. The molecule has 0 atom stereocenters. The number of carbonyl (C=O) groups excluding carboxylic acids is 2. The third kappa shape index (κ3) is 7.26. The van der Waals surface area contributed by atoms with Crippen LogP contribution in [0.1, 0.15) is 52.9 Å². The highest BCUT2D eigenvalue weighted by atomic mass is 16.6. The van der Waals surface area contributed by atoms with Gasteiger partial charge in [-0.05, 0) is 33.6 Å². The van der Waals surface area contributed by atoms with Crippen molar-refractivity contribution >= 4 is 12.9 Å². The molecule has 16 heavy (non-hydrogen) atoms. The lowest BCUT2D eigenvalue weighted by atomic mass is 9.96. The van der Waals surface area contributed by atoms with Gasteiger partial charge in [0.15, 0.2) is 0 Å². The molecule has 0 bridgehead atoms. The minimum absolute atomic E-state index is 0.274. The van der Waals surface area contributed by atoms with Crippen LogP contribution in [0.3, 0.4) is 0 Å². The smallest absolute Gasteiger partial charge is 0.407 e. The maximum absolute atomic E-state index is 11.4. The van der Waals surface area contributed by atoms with Crippen molar-refractivity contribution in [3.63, 3.8) is 0 Å². The molecule has 1 aliphatic rings. The van der Waals surface area contributed by atoms with E-state index in [1.54, 1.807) is 0 Å². The fourth-order valence-corrected chi connectivity index (χ4v) is 1.72. The van der Waals surface area contributed by atoms with Crippen molar-refractivity contribution in [3.8, 4) is 0 Å². The molecule has 1 amide bonds. The summed E-state index contributed by atoms with van der Waals surface area (Å²) >= 11 is 0. The molecule has 1 saturated carbocycles. The Bertz CT molecular complexity index is 205. The molecule has 0 spiro atoms. The highest BCUT2D eigenvalue weighted by molar-refractivity contribution is 5.68. The van der Waals surface area contributed by atoms with Gasteiger partial charge in [-0.1, -0.05) is 19.3 Å². The van der Waals surface area contributed by atoms with Crippen molar-refractivity contribution in [2.45, 2.75) is 64.5 Å². The number of carbonyl (C=O) groups is 2. The summed E-state index contributed by atoms with van der Waals surface area (Å²) in [5, 5.41) is 2.91. The van der Waals surface area contributed by atoms with Crippen LogP contribution in [-0.2, 0) is 9.53 Å². The molecule has 0 aromatic heterocycles. The zero-order valence-electron chi connectivity index (χ0n) is 10.5. The van der Waals surface area contributed by atoms with Gasteiger partial charge in [-0.3, -0.25) is 0 Å². The average Bonchev–Trinajstić information content (AvgIpc) is 2.19. The Labute approximate surface area is 97.7 Å². The van der Waals surface area contributed by atoms with Crippen LogP contribution in [0, 0.1) is 0 Å². The van der Waals surface area contributed by atoms with E-state index in [2.05, 4.69) is 5.32 Å². The van der Waals surface area contributed by atoms with Crippen molar-refractivity contribution in [3.05, 3.63) is 0 Å². The zero-order valence-corrected chi connectivity index (χ0v) is 10.5. The van der Waals surface area contributed by atoms with Crippen LogP contribution in [0.2, 0.25) is 0 Å². The number of hydrogen-bond acceptors (Lipinski definition) is 3. The van der Waals surface area contributed by atoms with Crippen LogP contribution in [0.25, 0.3) is 0 Å². The first-order valence-corrected chi connectivity index (χ1v) is 5.76. The SMILES string of the molecule is C=O.CC(C)(C)OC(=O)NC1CCCCC1. The van der Waals surface area contributed by atoms with Crippen LogP contribution in [0.15, 0.2) is 0 Å². The molecule has 1 N–H and O–H groups in total. The molecule has 1 rings (SSSR count). The van der Waals surface area contributed by atoms with E-state index >= 15 is 0 Å². The van der Waals surface area contributed by atoms with E-state index < -0.39 is 5.60 Å². The fourth-order valence-electron chi connectivity index (χ4n) is 1.72. The van der Waals surface area contributed by atoms with Gasteiger partial charge in [-0.2, -0.15) is 0 Å². The molecule has 0 unspecified atom stereocenters. The molecular formula is C12H23NO3. The molecule has 94 valence electrons. The van der Waals surface area contributed by atoms with Gasteiger partial charge in [0.2, 0.25) is 0 Å². The molecular weight excluding hydrogens is 206 g/mol. The summed E-state index contributed by atoms with van der Waals surface area (Å²) in [6.45, 7) is 7.65. The van der Waals surface area contributed by atoms with Crippen LogP contribution in [0.4, 0.5) is 4.79 Å². The van der Waals surface area contributed by atoms with Crippen molar-refractivity contribution in [2.24, 2.45) is 0 Å². The van der Waals surface area contributed by atoms with Gasteiger partial charge in [-0.15, -0.1) is 0 Å². The van der Waals surface area contributed by atoms with Crippen LogP contribution < -0.4 is 5.32 Å². The van der Waals surface area contributed by atoms with Gasteiger partial charge in [0.1, 0.15) is 12.4 Å². The summed E-state index contributed by atoms with van der Waals surface area (Å²) < 4.78 is 5.19. The van der Waals surface area contributed by atoms with E-state index in [-0.39, 0.29) is 6.09 Å². The van der Waals surface area contributed by atoms with Crippen molar-refractivity contribution in [1.82, 2.24) is 5.32 Å². The van der Waals surface area contributed by atoms with Gasteiger partial charge < -0.3 is 14.8 Å². The molecule has 1 fully saturated rings. The molecule has 4 nitrogen and oxygen atoms in total. The summed E-state index contributed by atoms with van der Waals surface area (Å²) in [5.74, 6) is 0. The number of hydrogen-bond donors (Lipinski definition) is 1. The number of ether oxygens (including phenoxy) is 1. The Hall–Kier alpha value is -1.06. The van der Waals surface area contributed by atoms with Crippen LogP contribution in [-0.4, -0.2) is 24.5 Å². The third-order valence-corrected chi connectivity index (χ3v) is 2.33. The predicted molar refractivity (Wildman–Crippen MR) is 63.4 cm³/mol. The van der Waals surface area contributed by atoms with Gasteiger partial charge in [0.25, 0.3) is 0 Å². The van der Waals surface area contributed by atoms with Crippen molar-refractivity contribution in [2.75, 3.05) is 0 Å². The van der Waals surface area contributed by atoms with Gasteiger partial charge >= 0.3 is 6.09 Å². The molecule has 0 aromatic carbocycles. The van der Waals surface area contributed by atoms with E-state index in [9.17, 15) is 4.79 Å². The fraction of sp³-hybridized carbons (Fsp3) is 0.833. The normalized spacial score (nSPS) is 16.9. The molecule has 4 heteroatoms. The Morgan fingerprint density at radius 2 is 1.69 bits per heavy atom. The van der Waals surface area contributed by atoms with Crippen LogP contribution >= 0.6 is 0 Å². The highest BCUT2D eigenvalue weighted by Crippen LogP contribution is 2.18. The lowest BCUT2D eigenvalue weighted by molar-refractivity contribution is -0.0980. The van der Waals surface area contributed by atoms with E-state index in [1.807, 2.05) is 27.6 Å². The first-order chi connectivity index (χ1) is 7.47. The Morgan fingerprint density at radius 1 is 1.19 bits per heavy atom. The maximum atomic E-state index is 11.4. The van der Waals surface area contributed by atoms with Gasteiger partial charge in [0, 0.05) is 6.04 Å². The maximum Gasteiger partial charge on any atom is 0.407 e. The second-order valence-electron chi connectivity index (χ2n) is 4.98. The summed E-state index contributed by atoms with van der Waals surface area (Å²) in [4.78, 5) is 19.4. The molecule has 0 aromatic rings. The lowest BCUT2D eigenvalue weighted by Crippen LogP contribution is -2.39. The number of amides is 1. The number of alkyl carbamates (subject to hydrolysis) is 1. The second kappa shape index (κ2) is 7.25.